The van der Waals surface area contributed by atoms with E-state index in [4.69, 9.17) is 18.3 Å². The summed E-state index contributed by atoms with van der Waals surface area (Å²) in [6.07, 6.45) is 0. The minimum atomic E-state index is -0.664. The Morgan fingerprint density at radius 2 is 1.87 bits per heavy atom. The fourth-order valence-corrected chi connectivity index (χ4v) is 3.48. The van der Waals surface area contributed by atoms with Gasteiger partial charge in [0.25, 0.3) is 0 Å². The number of halogens is 1. The lowest BCUT2D eigenvalue weighted by molar-refractivity contribution is -0.145. The summed E-state index contributed by atoms with van der Waals surface area (Å²) in [7, 11) is 0. The van der Waals surface area contributed by atoms with Crippen molar-refractivity contribution in [3.8, 4) is 0 Å². The van der Waals surface area contributed by atoms with Crippen LogP contribution in [-0.4, -0.2) is 23.1 Å². The highest BCUT2D eigenvalue weighted by atomic mass is 79.9. The third kappa shape index (κ3) is 3.76. The van der Waals surface area contributed by atoms with E-state index in [1.807, 2.05) is 0 Å². The SMILES string of the molecule is CCOC(=O)c1oc2ccc(Br)cc2c1COC(=O)Cn1c(=O)oc2ccccc21. The van der Waals surface area contributed by atoms with Crippen LogP contribution in [-0.2, 0) is 27.4 Å². The molecule has 0 atom stereocenters. The zero-order valence-electron chi connectivity index (χ0n) is 15.8. The molecule has 0 fully saturated rings. The Morgan fingerprint density at radius 1 is 1.07 bits per heavy atom. The van der Waals surface area contributed by atoms with E-state index in [1.165, 1.54) is 4.57 Å². The van der Waals surface area contributed by atoms with Gasteiger partial charge in [-0.2, -0.15) is 0 Å². The van der Waals surface area contributed by atoms with Crippen LogP contribution in [0.4, 0.5) is 0 Å². The van der Waals surface area contributed by atoms with E-state index >= 15 is 0 Å². The highest BCUT2D eigenvalue weighted by molar-refractivity contribution is 9.10. The van der Waals surface area contributed by atoms with Crippen LogP contribution in [0, 0.1) is 0 Å². The molecule has 0 aliphatic carbocycles. The van der Waals surface area contributed by atoms with Gasteiger partial charge in [0.1, 0.15) is 18.7 Å². The van der Waals surface area contributed by atoms with Gasteiger partial charge in [0.05, 0.1) is 17.7 Å². The molecule has 4 aromatic rings. The number of benzene rings is 2. The molecule has 8 nitrogen and oxygen atoms in total. The van der Waals surface area contributed by atoms with Crippen molar-refractivity contribution in [2.45, 2.75) is 20.1 Å². The number of hydrogen-bond acceptors (Lipinski definition) is 7. The van der Waals surface area contributed by atoms with E-state index in [0.29, 0.717) is 27.6 Å². The highest BCUT2D eigenvalue weighted by Crippen LogP contribution is 2.30. The summed E-state index contributed by atoms with van der Waals surface area (Å²) in [4.78, 5) is 36.8. The summed E-state index contributed by atoms with van der Waals surface area (Å²) in [6.45, 7) is 1.31. The summed E-state index contributed by atoms with van der Waals surface area (Å²) in [5.41, 5.74) is 1.72. The maximum Gasteiger partial charge on any atom is 0.420 e. The number of aromatic nitrogens is 1. The summed E-state index contributed by atoms with van der Waals surface area (Å²) in [5, 5.41) is 0.617. The molecule has 2 aromatic carbocycles. The summed E-state index contributed by atoms with van der Waals surface area (Å²) < 4.78 is 23.1. The van der Waals surface area contributed by atoms with Gasteiger partial charge in [0.2, 0.25) is 5.76 Å². The molecule has 0 saturated heterocycles. The number of oxazole rings is 1. The molecule has 0 spiro atoms. The highest BCUT2D eigenvalue weighted by Gasteiger charge is 2.23. The Balaban J connectivity index is 1.59. The normalized spacial score (nSPS) is 11.1. The number of nitrogens with zero attached hydrogens (tertiary/aromatic N) is 1. The Kier molecular flexibility index (Phi) is 5.45. The molecule has 30 heavy (non-hydrogen) atoms. The van der Waals surface area contributed by atoms with E-state index < -0.39 is 17.7 Å². The van der Waals surface area contributed by atoms with Crippen molar-refractivity contribution in [2.24, 2.45) is 0 Å². The quantitative estimate of drug-likeness (QED) is 0.389. The molecule has 0 N–H and O–H groups in total. The van der Waals surface area contributed by atoms with E-state index in [0.717, 1.165) is 4.47 Å². The second kappa shape index (κ2) is 8.19. The zero-order valence-corrected chi connectivity index (χ0v) is 17.4. The predicted molar refractivity (Wildman–Crippen MR) is 110 cm³/mol. The van der Waals surface area contributed by atoms with Gasteiger partial charge in [0, 0.05) is 9.86 Å². The monoisotopic (exact) mass is 473 g/mol. The van der Waals surface area contributed by atoms with Crippen LogP contribution in [0.1, 0.15) is 23.0 Å². The number of furan rings is 1. The van der Waals surface area contributed by atoms with Crippen molar-refractivity contribution in [1.82, 2.24) is 4.57 Å². The number of fused-ring (bicyclic) bond motifs is 2. The van der Waals surface area contributed by atoms with Crippen molar-refractivity contribution < 1.29 is 27.9 Å². The van der Waals surface area contributed by atoms with Crippen LogP contribution in [0.5, 0.6) is 0 Å². The average molecular weight is 474 g/mol. The van der Waals surface area contributed by atoms with Gasteiger partial charge in [-0.15, -0.1) is 0 Å². The number of para-hydroxylation sites is 2. The lowest BCUT2D eigenvalue weighted by Gasteiger charge is -2.06. The van der Waals surface area contributed by atoms with Gasteiger partial charge in [-0.1, -0.05) is 28.1 Å². The lowest BCUT2D eigenvalue weighted by atomic mass is 10.1. The summed E-state index contributed by atoms with van der Waals surface area (Å²) in [5.74, 6) is -1.99. The number of ether oxygens (including phenoxy) is 2. The van der Waals surface area contributed by atoms with Gasteiger partial charge in [-0.3, -0.25) is 9.36 Å². The molecule has 0 amide bonds. The molecule has 2 aromatic heterocycles. The molecule has 0 aliphatic heterocycles. The topological polar surface area (TPSA) is 101 Å². The minimum absolute atomic E-state index is 0.0244. The number of carbonyl (C=O) groups is 2. The van der Waals surface area contributed by atoms with Gasteiger partial charge < -0.3 is 18.3 Å². The Hall–Kier alpha value is -3.33. The first-order chi connectivity index (χ1) is 14.5. The van der Waals surface area contributed by atoms with Crippen LogP contribution in [0.25, 0.3) is 22.1 Å². The first kappa shape index (κ1) is 20.0. The molecule has 0 unspecified atom stereocenters. The van der Waals surface area contributed by atoms with Crippen molar-refractivity contribution in [3.63, 3.8) is 0 Å². The average Bonchev–Trinajstić information content (AvgIpc) is 3.24. The second-order valence-corrected chi connectivity index (χ2v) is 7.27. The smallest absolute Gasteiger partial charge is 0.420 e. The third-order valence-corrected chi connectivity index (χ3v) is 4.95. The first-order valence-corrected chi connectivity index (χ1v) is 9.89. The van der Waals surface area contributed by atoms with Crippen LogP contribution in [0.2, 0.25) is 0 Å². The number of rotatable bonds is 6. The number of hydrogen-bond donors (Lipinski definition) is 0. The van der Waals surface area contributed by atoms with Crippen LogP contribution in [0.15, 0.2) is 60.6 Å². The molecular formula is C21H16BrNO7. The third-order valence-electron chi connectivity index (χ3n) is 4.45. The molecule has 0 aliphatic rings. The molecule has 0 radical (unpaired) electrons. The van der Waals surface area contributed by atoms with Gasteiger partial charge in [-0.25, -0.2) is 9.59 Å². The van der Waals surface area contributed by atoms with Gasteiger partial charge >= 0.3 is 17.7 Å². The van der Waals surface area contributed by atoms with E-state index in [-0.39, 0.29) is 25.5 Å². The number of esters is 2. The van der Waals surface area contributed by atoms with Crippen molar-refractivity contribution in [3.05, 3.63) is 68.8 Å². The fourth-order valence-electron chi connectivity index (χ4n) is 3.12. The maximum atomic E-state index is 12.4. The molecule has 154 valence electrons. The van der Waals surface area contributed by atoms with Crippen molar-refractivity contribution in [1.29, 1.82) is 0 Å². The largest absolute Gasteiger partial charge is 0.460 e. The molecule has 0 saturated carbocycles. The molecular weight excluding hydrogens is 458 g/mol. The van der Waals surface area contributed by atoms with Crippen LogP contribution < -0.4 is 5.76 Å². The summed E-state index contributed by atoms with van der Waals surface area (Å²) in [6, 6.07) is 12.0. The van der Waals surface area contributed by atoms with Crippen LogP contribution in [0.3, 0.4) is 0 Å². The summed E-state index contributed by atoms with van der Waals surface area (Å²) >= 11 is 3.38. The number of carbonyl (C=O) groups excluding carboxylic acids is 2. The Labute approximate surface area is 178 Å². The molecule has 0 bridgehead atoms. The van der Waals surface area contributed by atoms with Crippen molar-refractivity contribution in [2.75, 3.05) is 6.61 Å². The molecule has 2 heterocycles. The van der Waals surface area contributed by atoms with Gasteiger partial charge in [-0.05, 0) is 37.3 Å². The lowest BCUT2D eigenvalue weighted by Crippen LogP contribution is -2.21. The van der Waals surface area contributed by atoms with Crippen LogP contribution >= 0.6 is 15.9 Å². The first-order valence-electron chi connectivity index (χ1n) is 9.10. The Morgan fingerprint density at radius 3 is 2.67 bits per heavy atom. The van der Waals surface area contributed by atoms with E-state index in [9.17, 15) is 14.4 Å². The second-order valence-electron chi connectivity index (χ2n) is 6.35. The van der Waals surface area contributed by atoms with Gasteiger partial charge in [0.15, 0.2) is 5.58 Å². The standard InChI is InChI=1S/C21H16BrNO7/c1-2-27-20(25)19-14(13-9-12(22)7-8-16(13)29-19)11-28-18(24)10-23-15-5-3-4-6-17(15)30-21(23)26/h3-9H,2,10-11H2,1H3. The zero-order chi connectivity index (χ0) is 21.3. The van der Waals surface area contributed by atoms with E-state index in [1.54, 1.807) is 49.4 Å². The Bertz CT molecular complexity index is 1310. The predicted octanol–water partition coefficient (Wildman–Crippen LogP) is 4.02. The van der Waals surface area contributed by atoms with E-state index in [2.05, 4.69) is 15.9 Å². The minimum Gasteiger partial charge on any atom is -0.460 e. The fraction of sp³-hybridized carbons (Fsp3) is 0.190. The molecule has 4 rings (SSSR count). The molecule has 9 heteroatoms. The van der Waals surface area contributed by atoms with Crippen molar-refractivity contribution >= 4 is 49.9 Å². The maximum absolute atomic E-state index is 12.4.